The molecule has 17 heavy (non-hydrogen) atoms. The van der Waals surface area contributed by atoms with Crippen molar-refractivity contribution in [1.82, 2.24) is 9.55 Å². The quantitative estimate of drug-likeness (QED) is 0.322. The molecule has 0 amide bonds. The molecule has 0 bridgehead atoms. The number of nitrogens with zero attached hydrogens (tertiary/aromatic N) is 3. The molecule has 0 saturated heterocycles. The van der Waals surface area contributed by atoms with Crippen LogP contribution in [0.15, 0.2) is 18.9 Å². The standard InChI is InChI=1S/C10H13N3O4/c1-3-6-17-10(14)4-5-12-8(2)11-7-9(12)13(15)16/h3,7H,1,4-6H2,2H3. The molecule has 0 N–H and O–H groups in total. The average Bonchev–Trinajstić information content (AvgIpc) is 2.65. The third-order valence-corrected chi connectivity index (χ3v) is 2.12. The van der Waals surface area contributed by atoms with Crippen LogP contribution in [0.25, 0.3) is 0 Å². The van der Waals surface area contributed by atoms with Gasteiger partial charge in [0.2, 0.25) is 0 Å². The smallest absolute Gasteiger partial charge is 0.342 e. The lowest BCUT2D eigenvalue weighted by molar-refractivity contribution is -0.392. The van der Waals surface area contributed by atoms with Gasteiger partial charge in [0.1, 0.15) is 19.3 Å². The number of hydrogen-bond acceptors (Lipinski definition) is 5. The van der Waals surface area contributed by atoms with Gasteiger partial charge in [-0.2, -0.15) is 0 Å². The van der Waals surface area contributed by atoms with Crippen LogP contribution in [0.4, 0.5) is 5.82 Å². The van der Waals surface area contributed by atoms with Gasteiger partial charge in [-0.15, -0.1) is 0 Å². The molecule has 1 aromatic rings. The first-order chi connectivity index (χ1) is 8.06. The SMILES string of the molecule is C=CCOC(=O)CCn1c([N+](=O)[O-])cnc1C. The van der Waals surface area contributed by atoms with Crippen LogP contribution >= 0.6 is 0 Å². The number of esters is 1. The number of carbonyl (C=O) groups is 1. The maximum absolute atomic E-state index is 11.2. The van der Waals surface area contributed by atoms with Crippen molar-refractivity contribution in [2.75, 3.05) is 6.61 Å². The monoisotopic (exact) mass is 239 g/mol. The van der Waals surface area contributed by atoms with Crippen LogP contribution in [0.2, 0.25) is 0 Å². The first kappa shape index (κ1) is 12.9. The predicted molar refractivity (Wildman–Crippen MR) is 59.4 cm³/mol. The number of rotatable bonds is 6. The third kappa shape index (κ3) is 3.40. The lowest BCUT2D eigenvalue weighted by Gasteiger charge is -2.03. The summed E-state index contributed by atoms with van der Waals surface area (Å²) in [5.74, 6) is -0.0560. The normalized spacial score (nSPS) is 9.94. The van der Waals surface area contributed by atoms with E-state index in [0.29, 0.717) is 5.82 Å². The lowest BCUT2D eigenvalue weighted by Crippen LogP contribution is -2.11. The summed E-state index contributed by atoms with van der Waals surface area (Å²) < 4.78 is 6.14. The summed E-state index contributed by atoms with van der Waals surface area (Å²) in [7, 11) is 0. The molecular weight excluding hydrogens is 226 g/mol. The maximum atomic E-state index is 11.2. The zero-order valence-corrected chi connectivity index (χ0v) is 9.46. The van der Waals surface area contributed by atoms with Crippen molar-refractivity contribution >= 4 is 11.8 Å². The van der Waals surface area contributed by atoms with E-state index in [1.54, 1.807) is 6.92 Å². The predicted octanol–water partition coefficient (Wildman–Crippen LogP) is 1.22. The molecule has 1 heterocycles. The number of aryl methyl sites for hydroxylation is 1. The molecule has 1 aromatic heterocycles. The van der Waals surface area contributed by atoms with Crippen molar-refractivity contribution in [2.45, 2.75) is 19.9 Å². The maximum Gasteiger partial charge on any atom is 0.342 e. The Morgan fingerprint density at radius 3 is 3.06 bits per heavy atom. The Hall–Kier alpha value is -2.18. The van der Waals surface area contributed by atoms with E-state index in [1.165, 1.54) is 16.8 Å². The van der Waals surface area contributed by atoms with Gasteiger partial charge in [0.25, 0.3) is 0 Å². The topological polar surface area (TPSA) is 87.3 Å². The van der Waals surface area contributed by atoms with Crippen LogP contribution < -0.4 is 0 Å². The molecule has 0 fully saturated rings. The summed E-state index contributed by atoms with van der Waals surface area (Å²) in [6.45, 7) is 5.37. The molecule has 0 spiro atoms. The second-order valence-corrected chi connectivity index (χ2v) is 3.29. The summed E-state index contributed by atoms with van der Waals surface area (Å²) in [6, 6.07) is 0. The zero-order valence-electron chi connectivity index (χ0n) is 9.46. The Morgan fingerprint density at radius 2 is 2.47 bits per heavy atom. The molecule has 7 nitrogen and oxygen atoms in total. The Balaban J connectivity index is 2.62. The van der Waals surface area contributed by atoms with E-state index in [0.717, 1.165) is 0 Å². The molecule has 0 saturated carbocycles. The van der Waals surface area contributed by atoms with Crippen LogP contribution in [0, 0.1) is 17.0 Å². The van der Waals surface area contributed by atoms with Crippen LogP contribution in [-0.2, 0) is 16.1 Å². The molecule has 1 rings (SSSR count). The molecule has 0 unspecified atom stereocenters. The van der Waals surface area contributed by atoms with Crippen LogP contribution in [0.1, 0.15) is 12.2 Å². The molecule has 7 heteroatoms. The zero-order chi connectivity index (χ0) is 12.8. The summed E-state index contributed by atoms with van der Waals surface area (Å²) >= 11 is 0. The Labute approximate surface area is 97.9 Å². The molecule has 0 aromatic carbocycles. The first-order valence-electron chi connectivity index (χ1n) is 4.99. The molecule has 0 atom stereocenters. The van der Waals surface area contributed by atoms with E-state index in [1.807, 2.05) is 0 Å². The van der Waals surface area contributed by atoms with Crippen LogP contribution in [0.5, 0.6) is 0 Å². The highest BCUT2D eigenvalue weighted by atomic mass is 16.6. The lowest BCUT2D eigenvalue weighted by atomic mass is 10.4. The Bertz CT molecular complexity index is 439. The number of aromatic nitrogens is 2. The molecular formula is C10H13N3O4. The highest BCUT2D eigenvalue weighted by Gasteiger charge is 2.18. The fourth-order valence-electron chi connectivity index (χ4n) is 1.31. The van der Waals surface area contributed by atoms with Crippen molar-refractivity contribution in [3.8, 4) is 0 Å². The fourth-order valence-corrected chi connectivity index (χ4v) is 1.31. The van der Waals surface area contributed by atoms with Gasteiger partial charge in [-0.3, -0.25) is 4.79 Å². The highest BCUT2D eigenvalue weighted by molar-refractivity contribution is 5.69. The highest BCUT2D eigenvalue weighted by Crippen LogP contribution is 2.14. The Morgan fingerprint density at radius 1 is 1.76 bits per heavy atom. The minimum atomic E-state index is -0.533. The number of hydrogen-bond donors (Lipinski definition) is 0. The van der Waals surface area contributed by atoms with Gasteiger partial charge in [-0.1, -0.05) is 12.7 Å². The van der Waals surface area contributed by atoms with Gasteiger partial charge in [-0.05, 0) is 4.92 Å². The summed E-state index contributed by atoms with van der Waals surface area (Å²) in [6.07, 6.45) is 2.69. The van der Waals surface area contributed by atoms with Gasteiger partial charge < -0.3 is 14.9 Å². The van der Waals surface area contributed by atoms with E-state index >= 15 is 0 Å². The largest absolute Gasteiger partial charge is 0.461 e. The number of carbonyl (C=O) groups excluding carboxylic acids is 1. The van der Waals surface area contributed by atoms with Crippen molar-refractivity contribution in [3.63, 3.8) is 0 Å². The van der Waals surface area contributed by atoms with Gasteiger partial charge >= 0.3 is 11.8 Å². The number of nitro groups is 1. The van der Waals surface area contributed by atoms with E-state index in [4.69, 9.17) is 4.74 Å². The molecule has 0 aliphatic heterocycles. The van der Waals surface area contributed by atoms with Crippen LogP contribution in [0.3, 0.4) is 0 Å². The van der Waals surface area contributed by atoms with E-state index < -0.39 is 10.9 Å². The molecule has 0 radical (unpaired) electrons. The fraction of sp³-hybridized carbons (Fsp3) is 0.400. The molecule has 0 aliphatic carbocycles. The van der Waals surface area contributed by atoms with Crippen molar-refractivity contribution < 1.29 is 14.5 Å². The second-order valence-electron chi connectivity index (χ2n) is 3.29. The van der Waals surface area contributed by atoms with Crippen LogP contribution in [-0.4, -0.2) is 27.1 Å². The average molecular weight is 239 g/mol. The minimum absolute atomic E-state index is 0.0614. The minimum Gasteiger partial charge on any atom is -0.461 e. The first-order valence-corrected chi connectivity index (χ1v) is 4.99. The summed E-state index contributed by atoms with van der Waals surface area (Å²) in [4.78, 5) is 25.2. The van der Waals surface area contributed by atoms with Gasteiger partial charge in [-0.25, -0.2) is 9.55 Å². The number of ether oxygens (including phenoxy) is 1. The van der Waals surface area contributed by atoms with Crippen molar-refractivity contribution in [1.29, 1.82) is 0 Å². The van der Waals surface area contributed by atoms with Gasteiger partial charge in [0, 0.05) is 6.92 Å². The van der Waals surface area contributed by atoms with Gasteiger partial charge in [0.05, 0.1) is 6.42 Å². The van der Waals surface area contributed by atoms with Gasteiger partial charge in [0.15, 0.2) is 5.82 Å². The summed E-state index contributed by atoms with van der Waals surface area (Å²) in [5, 5.41) is 10.7. The number of imidazole rings is 1. The third-order valence-electron chi connectivity index (χ3n) is 2.12. The van der Waals surface area contributed by atoms with E-state index in [-0.39, 0.29) is 25.4 Å². The molecule has 92 valence electrons. The van der Waals surface area contributed by atoms with Crippen molar-refractivity contribution in [3.05, 3.63) is 34.8 Å². The van der Waals surface area contributed by atoms with E-state index in [9.17, 15) is 14.9 Å². The molecule has 0 aliphatic rings. The second kappa shape index (κ2) is 5.78. The summed E-state index contributed by atoms with van der Waals surface area (Å²) in [5.41, 5.74) is 0. The van der Waals surface area contributed by atoms with E-state index in [2.05, 4.69) is 11.6 Å². The Kier molecular flexibility index (Phi) is 4.38. The van der Waals surface area contributed by atoms with Crippen molar-refractivity contribution in [2.24, 2.45) is 0 Å².